The van der Waals surface area contributed by atoms with Crippen LogP contribution in [0.15, 0.2) is 36.5 Å². The summed E-state index contributed by atoms with van der Waals surface area (Å²) >= 11 is 0. The third-order valence-electron chi connectivity index (χ3n) is 4.17. The molecule has 29 heavy (non-hydrogen) atoms. The van der Waals surface area contributed by atoms with Gasteiger partial charge in [0.05, 0.1) is 18.0 Å². The van der Waals surface area contributed by atoms with Crippen molar-refractivity contribution in [1.82, 2.24) is 19.9 Å². The molecule has 0 aliphatic carbocycles. The SMILES string of the molecule is CC(C)OCCCNC(=O)c1cnn2c(C(F)F)cc(-c3ccc(F)cc3)nc12. The number of nitrogens with one attached hydrogen (secondary N) is 1. The average Bonchev–Trinajstić information content (AvgIpc) is 3.11. The number of carbonyl (C=O) groups is 1. The zero-order chi connectivity index (χ0) is 21.0. The number of benzene rings is 1. The van der Waals surface area contributed by atoms with Crippen LogP contribution in [0.3, 0.4) is 0 Å². The molecule has 0 bridgehead atoms. The maximum Gasteiger partial charge on any atom is 0.280 e. The lowest BCUT2D eigenvalue weighted by atomic mass is 10.1. The standard InChI is InChI=1S/C20H21F3N4O2/c1-12(2)29-9-3-8-24-20(28)15-11-25-27-17(18(22)23)10-16(26-19(15)27)13-4-6-14(21)7-5-13/h4-7,10-12,18H,3,8-9H2,1-2H3,(H,24,28). The summed E-state index contributed by atoms with van der Waals surface area (Å²) in [6.07, 6.45) is -0.904. The van der Waals surface area contributed by atoms with Crippen LogP contribution in [0.1, 0.15) is 42.7 Å². The summed E-state index contributed by atoms with van der Waals surface area (Å²) in [7, 11) is 0. The normalized spacial score (nSPS) is 11.6. The maximum absolute atomic E-state index is 13.6. The van der Waals surface area contributed by atoms with E-state index in [1.807, 2.05) is 13.8 Å². The molecular formula is C20H21F3N4O2. The lowest BCUT2D eigenvalue weighted by molar-refractivity contribution is 0.0757. The van der Waals surface area contributed by atoms with Gasteiger partial charge in [0.1, 0.15) is 17.1 Å². The second-order valence-electron chi connectivity index (χ2n) is 6.70. The summed E-state index contributed by atoms with van der Waals surface area (Å²) in [6, 6.07) is 6.49. The predicted molar refractivity (Wildman–Crippen MR) is 101 cm³/mol. The van der Waals surface area contributed by atoms with E-state index in [2.05, 4.69) is 15.4 Å². The number of hydrogen-bond donors (Lipinski definition) is 1. The summed E-state index contributed by atoms with van der Waals surface area (Å²) in [5.41, 5.74) is 0.347. The Kier molecular flexibility index (Phi) is 6.48. The van der Waals surface area contributed by atoms with Gasteiger partial charge in [0.2, 0.25) is 0 Å². The van der Waals surface area contributed by atoms with Crippen LogP contribution in [-0.2, 0) is 4.74 Å². The largest absolute Gasteiger partial charge is 0.379 e. The molecule has 0 saturated carbocycles. The third kappa shape index (κ3) is 4.92. The van der Waals surface area contributed by atoms with E-state index in [4.69, 9.17) is 4.74 Å². The van der Waals surface area contributed by atoms with Crippen molar-refractivity contribution in [3.8, 4) is 11.3 Å². The average molecular weight is 406 g/mol. The molecule has 2 aromatic heterocycles. The van der Waals surface area contributed by atoms with Gasteiger partial charge in [-0.2, -0.15) is 5.10 Å². The van der Waals surface area contributed by atoms with E-state index in [9.17, 15) is 18.0 Å². The van der Waals surface area contributed by atoms with Crippen LogP contribution in [0.25, 0.3) is 16.9 Å². The predicted octanol–water partition coefficient (Wildman–Crippen LogP) is 4.02. The molecule has 3 aromatic rings. The van der Waals surface area contributed by atoms with Gasteiger partial charge in [0, 0.05) is 18.7 Å². The van der Waals surface area contributed by atoms with Crippen molar-refractivity contribution in [1.29, 1.82) is 0 Å². The van der Waals surface area contributed by atoms with Crippen LogP contribution in [0.4, 0.5) is 13.2 Å². The zero-order valence-corrected chi connectivity index (χ0v) is 16.0. The summed E-state index contributed by atoms with van der Waals surface area (Å²) < 4.78 is 46.7. The highest BCUT2D eigenvalue weighted by molar-refractivity contribution is 5.99. The fraction of sp³-hybridized carbons (Fsp3) is 0.350. The molecule has 1 amide bonds. The first kappa shape index (κ1) is 20.8. The molecule has 1 N–H and O–H groups in total. The first-order chi connectivity index (χ1) is 13.9. The Morgan fingerprint density at radius 3 is 2.62 bits per heavy atom. The van der Waals surface area contributed by atoms with Crippen LogP contribution in [0, 0.1) is 5.82 Å². The van der Waals surface area contributed by atoms with Crippen LogP contribution in [0.5, 0.6) is 0 Å². The van der Waals surface area contributed by atoms with Crippen molar-refractivity contribution in [3.63, 3.8) is 0 Å². The van der Waals surface area contributed by atoms with Gasteiger partial charge in [-0.1, -0.05) is 0 Å². The molecule has 1 aromatic carbocycles. The number of alkyl halides is 2. The molecule has 2 heterocycles. The van der Waals surface area contributed by atoms with E-state index in [1.54, 1.807) is 0 Å². The number of hydrogen-bond acceptors (Lipinski definition) is 4. The highest BCUT2D eigenvalue weighted by atomic mass is 19.3. The molecule has 0 radical (unpaired) electrons. The number of amides is 1. The molecule has 0 spiro atoms. The van der Waals surface area contributed by atoms with Crippen molar-refractivity contribution in [2.45, 2.75) is 32.8 Å². The zero-order valence-electron chi connectivity index (χ0n) is 16.0. The molecule has 3 rings (SSSR count). The number of nitrogens with zero attached hydrogens (tertiary/aromatic N) is 3. The van der Waals surface area contributed by atoms with E-state index in [1.165, 1.54) is 36.5 Å². The fourth-order valence-corrected chi connectivity index (χ4v) is 2.76. The quantitative estimate of drug-likeness (QED) is 0.574. The Morgan fingerprint density at radius 1 is 1.24 bits per heavy atom. The molecule has 0 unspecified atom stereocenters. The topological polar surface area (TPSA) is 68.5 Å². The lowest BCUT2D eigenvalue weighted by Gasteiger charge is -2.09. The van der Waals surface area contributed by atoms with Gasteiger partial charge >= 0.3 is 0 Å². The van der Waals surface area contributed by atoms with Gasteiger partial charge in [0.25, 0.3) is 12.3 Å². The lowest BCUT2D eigenvalue weighted by Crippen LogP contribution is -2.25. The Labute approximate surface area is 165 Å². The summed E-state index contributed by atoms with van der Waals surface area (Å²) in [4.78, 5) is 16.8. The summed E-state index contributed by atoms with van der Waals surface area (Å²) in [6.45, 7) is 4.70. The van der Waals surface area contributed by atoms with Gasteiger partial charge in [-0.25, -0.2) is 22.7 Å². The van der Waals surface area contributed by atoms with E-state index in [0.717, 1.165) is 4.52 Å². The van der Waals surface area contributed by atoms with Gasteiger partial charge in [-0.15, -0.1) is 0 Å². The molecule has 6 nitrogen and oxygen atoms in total. The first-order valence-corrected chi connectivity index (χ1v) is 9.19. The van der Waals surface area contributed by atoms with Crippen LogP contribution >= 0.6 is 0 Å². The second kappa shape index (κ2) is 9.04. The molecule has 0 atom stereocenters. The molecule has 0 aliphatic heterocycles. The van der Waals surface area contributed by atoms with Crippen LogP contribution in [-0.4, -0.2) is 39.8 Å². The van der Waals surface area contributed by atoms with E-state index in [-0.39, 0.29) is 23.0 Å². The van der Waals surface area contributed by atoms with Crippen molar-refractivity contribution >= 4 is 11.6 Å². The highest BCUT2D eigenvalue weighted by Crippen LogP contribution is 2.26. The van der Waals surface area contributed by atoms with E-state index < -0.39 is 23.8 Å². The minimum absolute atomic E-state index is 0.0121. The summed E-state index contributed by atoms with van der Waals surface area (Å²) in [5.74, 6) is -0.914. The molecule has 0 saturated heterocycles. The van der Waals surface area contributed by atoms with Crippen LogP contribution in [0.2, 0.25) is 0 Å². The number of fused-ring (bicyclic) bond motifs is 1. The molecular weight excluding hydrogens is 385 g/mol. The molecule has 0 fully saturated rings. The Hall–Kier alpha value is -2.94. The molecule has 154 valence electrons. The highest BCUT2D eigenvalue weighted by Gasteiger charge is 2.21. The summed E-state index contributed by atoms with van der Waals surface area (Å²) in [5, 5.41) is 6.62. The minimum Gasteiger partial charge on any atom is -0.379 e. The van der Waals surface area contributed by atoms with Crippen molar-refractivity contribution in [2.24, 2.45) is 0 Å². The number of rotatable bonds is 8. The maximum atomic E-state index is 13.6. The van der Waals surface area contributed by atoms with Crippen molar-refractivity contribution in [2.75, 3.05) is 13.2 Å². The Morgan fingerprint density at radius 2 is 1.97 bits per heavy atom. The number of aromatic nitrogens is 3. The number of halogens is 3. The smallest absolute Gasteiger partial charge is 0.280 e. The van der Waals surface area contributed by atoms with Crippen molar-refractivity contribution < 1.29 is 22.7 Å². The molecule has 0 aliphatic rings. The third-order valence-corrected chi connectivity index (χ3v) is 4.17. The Balaban J connectivity index is 1.88. The first-order valence-electron chi connectivity index (χ1n) is 9.19. The van der Waals surface area contributed by atoms with E-state index in [0.29, 0.717) is 25.1 Å². The second-order valence-corrected chi connectivity index (χ2v) is 6.70. The number of ether oxygens (including phenoxy) is 1. The minimum atomic E-state index is -2.83. The van der Waals surface area contributed by atoms with E-state index >= 15 is 0 Å². The van der Waals surface area contributed by atoms with Crippen LogP contribution < -0.4 is 5.32 Å². The van der Waals surface area contributed by atoms with Gasteiger partial charge in [-0.3, -0.25) is 4.79 Å². The van der Waals surface area contributed by atoms with Gasteiger partial charge < -0.3 is 10.1 Å². The van der Waals surface area contributed by atoms with Crippen molar-refractivity contribution in [3.05, 3.63) is 53.6 Å². The fourth-order valence-electron chi connectivity index (χ4n) is 2.76. The van der Waals surface area contributed by atoms with Gasteiger partial charge in [0.15, 0.2) is 5.65 Å². The van der Waals surface area contributed by atoms with Gasteiger partial charge in [-0.05, 0) is 50.6 Å². The molecule has 9 heteroatoms. The Bertz CT molecular complexity index is 987. The monoisotopic (exact) mass is 406 g/mol. The number of carbonyl (C=O) groups excluding carboxylic acids is 1.